The predicted molar refractivity (Wildman–Crippen MR) is 202 cm³/mol. The lowest BCUT2D eigenvalue weighted by Gasteiger charge is -2.41. The number of methoxy groups -OCH3 is 1. The van der Waals surface area contributed by atoms with Crippen LogP contribution in [0.2, 0.25) is 0 Å². The minimum Gasteiger partial charge on any atom is -0.507 e. The van der Waals surface area contributed by atoms with E-state index >= 15 is 0 Å². The average molecular weight is 713 g/mol. The highest BCUT2D eigenvalue weighted by molar-refractivity contribution is 5.92. The first-order valence-electron chi connectivity index (χ1n) is 18.1. The molecule has 1 saturated heterocycles. The van der Waals surface area contributed by atoms with E-state index in [-0.39, 0.29) is 18.0 Å². The molecule has 4 aromatic rings. The molecular formula is C41H52N4O7. The van der Waals surface area contributed by atoms with Crippen molar-refractivity contribution in [3.63, 3.8) is 0 Å². The molecule has 0 saturated carbocycles. The van der Waals surface area contributed by atoms with E-state index in [1.165, 1.54) is 19.2 Å². The minimum atomic E-state index is -1.04. The Bertz CT molecular complexity index is 1920. The van der Waals surface area contributed by atoms with Gasteiger partial charge in [0.2, 0.25) is 0 Å². The van der Waals surface area contributed by atoms with E-state index in [1.54, 1.807) is 17.5 Å². The Labute approximate surface area is 306 Å². The van der Waals surface area contributed by atoms with Crippen molar-refractivity contribution < 1.29 is 33.6 Å². The van der Waals surface area contributed by atoms with Crippen molar-refractivity contribution in [1.29, 1.82) is 0 Å². The molecule has 0 bridgehead atoms. The molecule has 1 unspecified atom stereocenters. The lowest BCUT2D eigenvalue weighted by atomic mass is 9.92. The smallest absolute Gasteiger partial charge is 0.340 e. The zero-order valence-electron chi connectivity index (χ0n) is 31.7. The van der Waals surface area contributed by atoms with Crippen LogP contribution in [0.15, 0.2) is 60.7 Å². The monoisotopic (exact) mass is 712 g/mol. The predicted octanol–water partition coefficient (Wildman–Crippen LogP) is 8.02. The second-order valence-corrected chi connectivity index (χ2v) is 14.4. The molecule has 2 aromatic heterocycles. The van der Waals surface area contributed by atoms with Gasteiger partial charge in [0.05, 0.1) is 48.3 Å². The standard InChI is InChI=1S/C41H52N4O7/c1-9-11-12-13-23-51-41(7)19-21-44(22-20-41)37-35(36(39(48)50-10-2)52-40(4,5)6)27(3)42-34-26-32(43-45(34)37)29-16-14-15-28(24-29)31-25-30(38(47)49-8)17-18-33(31)46/h12-18,24-26,36,46H,9-11,19-23H2,1-8H3. The van der Waals surface area contributed by atoms with Gasteiger partial charge in [0.25, 0.3) is 0 Å². The van der Waals surface area contributed by atoms with Crippen LogP contribution in [0.25, 0.3) is 28.0 Å². The number of carbonyl (C=O) groups excluding carboxylic acids is 2. The molecular weight excluding hydrogens is 660 g/mol. The number of aryl methyl sites for hydroxylation is 1. The minimum absolute atomic E-state index is 0.0333. The summed E-state index contributed by atoms with van der Waals surface area (Å²) in [5.74, 6) is -0.222. The number of allylic oxidation sites excluding steroid dienone is 1. The fourth-order valence-corrected chi connectivity index (χ4v) is 6.46. The van der Waals surface area contributed by atoms with Gasteiger partial charge >= 0.3 is 11.9 Å². The van der Waals surface area contributed by atoms with Crippen molar-refractivity contribution in [2.75, 3.05) is 38.3 Å². The molecule has 52 heavy (non-hydrogen) atoms. The third-order valence-corrected chi connectivity index (χ3v) is 9.20. The highest BCUT2D eigenvalue weighted by atomic mass is 16.6. The van der Waals surface area contributed by atoms with Crippen molar-refractivity contribution in [2.24, 2.45) is 0 Å². The summed E-state index contributed by atoms with van der Waals surface area (Å²) in [5.41, 5.74) is 3.83. The average Bonchev–Trinajstić information content (AvgIpc) is 3.54. The first-order chi connectivity index (χ1) is 24.8. The Kier molecular flexibility index (Phi) is 12.1. The van der Waals surface area contributed by atoms with Gasteiger partial charge in [0.1, 0.15) is 11.6 Å². The molecule has 0 aliphatic carbocycles. The fraction of sp³-hybridized carbons (Fsp3) is 0.463. The molecule has 0 amide bonds. The SMILES string of the molecule is CCCC=CCOC1(C)CCN(c2c(C(OC(C)(C)C)C(=O)OCC)c(C)nc3cc(-c4cccc(-c5cc(C(=O)OC)ccc5O)c4)nn23)CC1. The molecule has 1 aliphatic rings. The van der Waals surface area contributed by atoms with Crippen molar-refractivity contribution in [2.45, 2.75) is 91.5 Å². The van der Waals surface area contributed by atoms with E-state index < -0.39 is 23.6 Å². The molecule has 11 nitrogen and oxygen atoms in total. The number of anilines is 1. The molecule has 0 spiro atoms. The quantitative estimate of drug-likeness (QED) is 0.108. The number of fused-ring (bicyclic) bond motifs is 1. The largest absolute Gasteiger partial charge is 0.507 e. The first kappa shape index (κ1) is 38.5. The summed E-state index contributed by atoms with van der Waals surface area (Å²) in [7, 11) is 1.32. The Hall–Kier alpha value is -4.74. The number of carbonyl (C=O) groups is 2. The number of benzene rings is 2. The van der Waals surface area contributed by atoms with Crippen LogP contribution in [0.4, 0.5) is 5.82 Å². The first-order valence-corrected chi connectivity index (χ1v) is 18.1. The maximum atomic E-state index is 13.7. The fourth-order valence-electron chi connectivity index (χ4n) is 6.46. The van der Waals surface area contributed by atoms with E-state index in [2.05, 4.69) is 30.9 Å². The van der Waals surface area contributed by atoms with Crippen molar-refractivity contribution in [1.82, 2.24) is 14.6 Å². The number of hydrogen-bond acceptors (Lipinski definition) is 10. The number of phenols is 1. The van der Waals surface area contributed by atoms with Crippen LogP contribution in [0.5, 0.6) is 5.75 Å². The van der Waals surface area contributed by atoms with Crippen molar-refractivity contribution >= 4 is 23.4 Å². The summed E-state index contributed by atoms with van der Waals surface area (Å²) in [4.78, 5) is 33.1. The van der Waals surface area contributed by atoms with Crippen LogP contribution in [0, 0.1) is 6.92 Å². The number of aromatic nitrogens is 3. The van der Waals surface area contributed by atoms with Gasteiger partial charge in [-0.2, -0.15) is 9.61 Å². The number of piperidine rings is 1. The van der Waals surface area contributed by atoms with Gasteiger partial charge in [-0.15, -0.1) is 0 Å². The topological polar surface area (TPSA) is 125 Å². The molecule has 1 aliphatic heterocycles. The maximum absolute atomic E-state index is 13.7. The normalized spacial score (nSPS) is 15.3. The molecule has 1 fully saturated rings. The molecule has 1 N–H and O–H groups in total. The van der Waals surface area contributed by atoms with Crippen molar-refractivity contribution in [3.8, 4) is 28.1 Å². The molecule has 1 atom stereocenters. The summed E-state index contributed by atoms with van der Waals surface area (Å²) in [6.07, 6.45) is 6.90. The van der Waals surface area contributed by atoms with Crippen LogP contribution in [-0.4, -0.2) is 76.3 Å². The Morgan fingerprint density at radius 3 is 2.44 bits per heavy atom. The van der Waals surface area contributed by atoms with Gasteiger partial charge < -0.3 is 29.0 Å². The van der Waals surface area contributed by atoms with E-state index in [0.717, 1.165) is 37.1 Å². The lowest BCUT2D eigenvalue weighted by Crippen LogP contribution is -2.45. The van der Waals surface area contributed by atoms with E-state index in [1.807, 2.05) is 58.0 Å². The van der Waals surface area contributed by atoms with Gasteiger partial charge in [0, 0.05) is 36.0 Å². The summed E-state index contributed by atoms with van der Waals surface area (Å²) >= 11 is 0. The van der Waals surface area contributed by atoms with Gasteiger partial charge in [0.15, 0.2) is 11.8 Å². The van der Waals surface area contributed by atoms with Crippen molar-refractivity contribution in [3.05, 3.63) is 77.5 Å². The molecule has 5 rings (SSSR count). The number of unbranched alkanes of at least 4 members (excludes halogenated alkanes) is 1. The third kappa shape index (κ3) is 8.82. The number of esters is 2. The Morgan fingerprint density at radius 1 is 1.04 bits per heavy atom. The van der Waals surface area contributed by atoms with E-state index in [9.17, 15) is 14.7 Å². The summed E-state index contributed by atoms with van der Waals surface area (Å²) in [6, 6.07) is 14.1. The second-order valence-electron chi connectivity index (χ2n) is 14.4. The number of ether oxygens (including phenoxy) is 4. The lowest BCUT2D eigenvalue weighted by molar-refractivity contribution is -0.166. The van der Waals surface area contributed by atoms with Gasteiger partial charge in [-0.05, 0) is 90.6 Å². The molecule has 2 aromatic carbocycles. The van der Waals surface area contributed by atoms with Crippen LogP contribution < -0.4 is 4.90 Å². The molecule has 278 valence electrons. The number of rotatable bonds is 13. The third-order valence-electron chi connectivity index (χ3n) is 9.20. The second kappa shape index (κ2) is 16.3. The van der Waals surface area contributed by atoms with E-state index in [0.29, 0.717) is 59.0 Å². The number of nitrogens with zero attached hydrogens (tertiary/aromatic N) is 4. The zero-order chi connectivity index (χ0) is 37.6. The zero-order valence-corrected chi connectivity index (χ0v) is 31.7. The van der Waals surface area contributed by atoms with E-state index in [4.69, 9.17) is 29.0 Å². The number of hydrogen-bond donors (Lipinski definition) is 1. The maximum Gasteiger partial charge on any atom is 0.340 e. The van der Waals surface area contributed by atoms with Crippen LogP contribution in [0.3, 0.4) is 0 Å². The van der Waals surface area contributed by atoms with Crippen LogP contribution in [-0.2, 0) is 23.7 Å². The highest BCUT2D eigenvalue weighted by Gasteiger charge is 2.38. The summed E-state index contributed by atoms with van der Waals surface area (Å²) in [6.45, 7) is 15.8. The van der Waals surface area contributed by atoms with Gasteiger partial charge in [-0.25, -0.2) is 14.6 Å². The van der Waals surface area contributed by atoms with Gasteiger partial charge in [-0.1, -0.05) is 43.7 Å². The number of phenolic OH excluding ortho intramolecular Hbond substituents is 1. The number of aromatic hydroxyl groups is 1. The highest BCUT2D eigenvalue weighted by Crippen LogP contribution is 2.39. The van der Waals surface area contributed by atoms with Crippen LogP contribution in [0.1, 0.15) is 94.9 Å². The Balaban J connectivity index is 1.61. The molecule has 0 radical (unpaired) electrons. The van der Waals surface area contributed by atoms with Gasteiger partial charge in [-0.3, -0.25) is 0 Å². The summed E-state index contributed by atoms with van der Waals surface area (Å²) in [5, 5.41) is 15.8. The molecule has 3 heterocycles. The van der Waals surface area contributed by atoms with Crippen LogP contribution >= 0.6 is 0 Å². The molecule has 11 heteroatoms. The Morgan fingerprint density at radius 2 is 1.77 bits per heavy atom. The summed E-state index contributed by atoms with van der Waals surface area (Å²) < 4.78 is 25.1.